The van der Waals surface area contributed by atoms with E-state index < -0.39 is 0 Å². The van der Waals surface area contributed by atoms with Gasteiger partial charge in [-0.05, 0) is 49.8 Å². The zero-order valence-electron chi connectivity index (χ0n) is 12.0. The second kappa shape index (κ2) is 7.28. The summed E-state index contributed by atoms with van der Waals surface area (Å²) in [6.45, 7) is 2.27. The normalized spacial score (nSPS) is 22.5. The summed E-state index contributed by atoms with van der Waals surface area (Å²) >= 11 is 11.3. The van der Waals surface area contributed by atoms with Crippen molar-refractivity contribution in [3.63, 3.8) is 0 Å². The number of anilines is 1. The van der Waals surface area contributed by atoms with Gasteiger partial charge in [-0.3, -0.25) is 0 Å². The third-order valence-corrected chi connectivity index (χ3v) is 4.71. The van der Waals surface area contributed by atoms with Crippen LogP contribution in [-0.2, 0) is 0 Å². The molecule has 0 heterocycles. The minimum Gasteiger partial charge on any atom is -0.389 e. The second-order valence-corrected chi connectivity index (χ2v) is 6.56. The number of hydrogen-bond donors (Lipinski definition) is 2. The predicted molar refractivity (Wildman–Crippen MR) is 91.6 cm³/mol. The van der Waals surface area contributed by atoms with Crippen molar-refractivity contribution in [3.05, 3.63) is 28.8 Å². The molecule has 1 aliphatic carbocycles. The summed E-state index contributed by atoms with van der Waals surface area (Å²) in [4.78, 5) is 0.388. The first-order valence-electron chi connectivity index (χ1n) is 7.46. The molecule has 0 unspecified atom stereocenters. The molecule has 0 bridgehead atoms. The third kappa shape index (κ3) is 4.10. The summed E-state index contributed by atoms with van der Waals surface area (Å²) in [6, 6.07) is 6.29. The lowest BCUT2D eigenvalue weighted by Crippen LogP contribution is -2.26. The fourth-order valence-electron chi connectivity index (χ4n) is 3.01. The standard InChI is InChI=1S/C16H23ClN2S/c1-2-3-11-4-7-13(8-5-11)19-15-9-6-12(16(18)20)10-14(15)17/h6,9-11,13,19H,2-5,7-8H2,1H3,(H2,18,20). The van der Waals surface area contributed by atoms with Gasteiger partial charge < -0.3 is 11.1 Å². The Morgan fingerprint density at radius 2 is 2.05 bits per heavy atom. The van der Waals surface area contributed by atoms with Crippen molar-refractivity contribution in [3.8, 4) is 0 Å². The average Bonchev–Trinajstić information content (AvgIpc) is 2.43. The number of benzene rings is 1. The Hall–Kier alpha value is -0.800. The maximum atomic E-state index is 6.29. The Bertz CT molecular complexity index is 468. The number of nitrogens with two attached hydrogens (primary N) is 1. The number of thiocarbonyl (C=S) groups is 1. The van der Waals surface area contributed by atoms with Crippen molar-refractivity contribution >= 4 is 34.5 Å². The molecule has 110 valence electrons. The van der Waals surface area contributed by atoms with Gasteiger partial charge in [0.05, 0.1) is 10.7 Å². The topological polar surface area (TPSA) is 38.0 Å². The average molecular weight is 311 g/mol. The molecule has 2 nitrogen and oxygen atoms in total. The van der Waals surface area contributed by atoms with Gasteiger partial charge in [0.1, 0.15) is 4.99 Å². The van der Waals surface area contributed by atoms with E-state index in [0.29, 0.717) is 16.1 Å². The highest BCUT2D eigenvalue weighted by Gasteiger charge is 2.20. The fourth-order valence-corrected chi connectivity index (χ4v) is 3.37. The smallest absolute Gasteiger partial charge is 0.104 e. The van der Waals surface area contributed by atoms with Crippen LogP contribution in [0.3, 0.4) is 0 Å². The zero-order chi connectivity index (χ0) is 14.5. The van der Waals surface area contributed by atoms with E-state index in [-0.39, 0.29) is 0 Å². The van der Waals surface area contributed by atoms with Crippen LogP contribution in [0.2, 0.25) is 5.02 Å². The first-order valence-corrected chi connectivity index (χ1v) is 8.24. The second-order valence-electron chi connectivity index (χ2n) is 5.71. The summed E-state index contributed by atoms with van der Waals surface area (Å²) in [6.07, 6.45) is 7.80. The largest absolute Gasteiger partial charge is 0.389 e. The van der Waals surface area contributed by atoms with Crippen molar-refractivity contribution < 1.29 is 0 Å². The number of hydrogen-bond acceptors (Lipinski definition) is 2. The molecule has 0 amide bonds. The highest BCUT2D eigenvalue weighted by molar-refractivity contribution is 7.80. The van der Waals surface area contributed by atoms with Crippen molar-refractivity contribution in [2.45, 2.75) is 51.5 Å². The van der Waals surface area contributed by atoms with E-state index in [4.69, 9.17) is 29.6 Å². The van der Waals surface area contributed by atoms with Crippen molar-refractivity contribution in [1.29, 1.82) is 0 Å². The third-order valence-electron chi connectivity index (χ3n) is 4.16. The predicted octanol–water partition coefficient (Wildman–Crippen LogP) is 4.75. The lowest BCUT2D eigenvalue weighted by Gasteiger charge is -2.30. The SMILES string of the molecule is CCCC1CCC(Nc2ccc(C(N)=S)cc2Cl)CC1. The van der Waals surface area contributed by atoms with E-state index in [2.05, 4.69) is 12.2 Å². The molecule has 4 heteroatoms. The van der Waals surface area contributed by atoms with Crippen LogP contribution in [0, 0.1) is 5.92 Å². The molecular formula is C16H23ClN2S. The van der Waals surface area contributed by atoms with Crippen LogP contribution in [0.15, 0.2) is 18.2 Å². The first kappa shape index (κ1) is 15.6. The van der Waals surface area contributed by atoms with Crippen molar-refractivity contribution in [2.75, 3.05) is 5.32 Å². The van der Waals surface area contributed by atoms with Crippen LogP contribution in [0.5, 0.6) is 0 Å². The summed E-state index contributed by atoms with van der Waals surface area (Å²) in [5.74, 6) is 0.922. The Morgan fingerprint density at radius 1 is 1.35 bits per heavy atom. The number of halogens is 1. The molecule has 0 saturated heterocycles. The molecule has 0 spiro atoms. The van der Waals surface area contributed by atoms with Gasteiger partial charge in [-0.25, -0.2) is 0 Å². The van der Waals surface area contributed by atoms with Crippen LogP contribution in [0.4, 0.5) is 5.69 Å². The summed E-state index contributed by atoms with van der Waals surface area (Å²) in [7, 11) is 0. The van der Waals surface area contributed by atoms with Gasteiger partial charge in [0.25, 0.3) is 0 Å². The van der Waals surface area contributed by atoms with Gasteiger partial charge in [-0.2, -0.15) is 0 Å². The molecule has 20 heavy (non-hydrogen) atoms. The van der Waals surface area contributed by atoms with Crippen LogP contribution in [0.25, 0.3) is 0 Å². The van der Waals surface area contributed by atoms with E-state index in [0.717, 1.165) is 17.2 Å². The van der Waals surface area contributed by atoms with Crippen molar-refractivity contribution in [1.82, 2.24) is 0 Å². The van der Waals surface area contributed by atoms with Crippen LogP contribution < -0.4 is 11.1 Å². The maximum absolute atomic E-state index is 6.29. The number of rotatable bonds is 5. The summed E-state index contributed by atoms with van der Waals surface area (Å²) in [5, 5.41) is 4.26. The molecule has 3 N–H and O–H groups in total. The highest BCUT2D eigenvalue weighted by Crippen LogP contribution is 2.31. The quantitative estimate of drug-likeness (QED) is 0.771. The molecule has 0 aromatic heterocycles. The van der Waals surface area contributed by atoms with E-state index in [9.17, 15) is 0 Å². The molecule has 0 aliphatic heterocycles. The Kier molecular flexibility index (Phi) is 5.67. The summed E-state index contributed by atoms with van der Waals surface area (Å²) < 4.78 is 0. The van der Waals surface area contributed by atoms with Gasteiger partial charge in [-0.1, -0.05) is 43.6 Å². The Balaban J connectivity index is 1.93. The zero-order valence-corrected chi connectivity index (χ0v) is 13.6. The lowest BCUT2D eigenvalue weighted by atomic mass is 9.83. The molecule has 0 radical (unpaired) electrons. The van der Waals surface area contributed by atoms with E-state index >= 15 is 0 Å². The van der Waals surface area contributed by atoms with Crippen molar-refractivity contribution in [2.24, 2.45) is 11.7 Å². The molecule has 0 atom stereocenters. The van der Waals surface area contributed by atoms with Crippen LogP contribution >= 0.6 is 23.8 Å². The van der Waals surface area contributed by atoms with Gasteiger partial charge >= 0.3 is 0 Å². The van der Waals surface area contributed by atoms with Gasteiger partial charge in [0.2, 0.25) is 0 Å². The van der Waals surface area contributed by atoms with Gasteiger partial charge in [0.15, 0.2) is 0 Å². The molecule has 1 aromatic carbocycles. The van der Waals surface area contributed by atoms with Gasteiger partial charge in [-0.15, -0.1) is 0 Å². The van der Waals surface area contributed by atoms with E-state index in [1.165, 1.54) is 38.5 Å². The van der Waals surface area contributed by atoms with E-state index in [1.807, 2.05) is 18.2 Å². The molecule has 1 saturated carbocycles. The van der Waals surface area contributed by atoms with Crippen LogP contribution in [0.1, 0.15) is 51.0 Å². The van der Waals surface area contributed by atoms with Crippen LogP contribution in [-0.4, -0.2) is 11.0 Å². The Morgan fingerprint density at radius 3 is 2.60 bits per heavy atom. The molecule has 1 aliphatic rings. The maximum Gasteiger partial charge on any atom is 0.104 e. The number of nitrogens with one attached hydrogen (secondary N) is 1. The molecule has 2 rings (SSSR count). The minimum atomic E-state index is 0.388. The minimum absolute atomic E-state index is 0.388. The first-order chi connectivity index (χ1) is 9.60. The van der Waals surface area contributed by atoms with E-state index in [1.54, 1.807) is 0 Å². The summed E-state index contributed by atoms with van der Waals surface area (Å²) in [5.41, 5.74) is 7.43. The fraction of sp³-hybridized carbons (Fsp3) is 0.562. The molecular weight excluding hydrogens is 288 g/mol. The highest BCUT2D eigenvalue weighted by atomic mass is 35.5. The lowest BCUT2D eigenvalue weighted by molar-refractivity contribution is 0.319. The molecule has 1 fully saturated rings. The van der Waals surface area contributed by atoms with Gasteiger partial charge in [0, 0.05) is 11.6 Å². The Labute approximate surface area is 132 Å². The monoisotopic (exact) mass is 310 g/mol. The molecule has 1 aromatic rings.